The summed E-state index contributed by atoms with van der Waals surface area (Å²) in [5, 5.41) is 9.34. The zero-order chi connectivity index (χ0) is 16.7. The number of fused-ring (bicyclic) bond motifs is 1. The van der Waals surface area contributed by atoms with Gasteiger partial charge in [-0.05, 0) is 54.3 Å². The van der Waals surface area contributed by atoms with Crippen LogP contribution in [0.3, 0.4) is 0 Å². The van der Waals surface area contributed by atoms with Crippen molar-refractivity contribution in [1.29, 1.82) is 0 Å². The first-order valence-corrected chi connectivity index (χ1v) is 9.47. The molecule has 0 aliphatic heterocycles. The fraction of sp³-hybridized carbons (Fsp3) is 0.167. The Morgan fingerprint density at radius 3 is 2.71 bits per heavy atom. The molecule has 1 aliphatic rings. The standard InChI is InChI=1S/C18H14BrNO3S/c19-15-3-1-2-14-13(15)8-9-16(14)23-12-6-4-11(5-7-12)17-10-18(21)20-24(17)22/h1-7,10,16H,8-9H2,(H,20,21)/t16-,24?/m1/s1. The van der Waals surface area contributed by atoms with Crippen LogP contribution in [0.15, 0.2) is 53.0 Å². The summed E-state index contributed by atoms with van der Waals surface area (Å²) in [5.41, 5.74) is 3.31. The molecule has 122 valence electrons. The van der Waals surface area contributed by atoms with E-state index in [1.807, 2.05) is 30.3 Å². The van der Waals surface area contributed by atoms with E-state index in [0.717, 1.165) is 28.6 Å². The fourth-order valence-electron chi connectivity index (χ4n) is 3.07. The predicted molar refractivity (Wildman–Crippen MR) is 95.8 cm³/mol. The molecule has 0 saturated carbocycles. The van der Waals surface area contributed by atoms with E-state index in [-0.39, 0.29) is 12.0 Å². The van der Waals surface area contributed by atoms with Gasteiger partial charge in [-0.1, -0.05) is 28.1 Å². The third kappa shape index (κ3) is 2.81. The highest BCUT2D eigenvalue weighted by atomic mass is 79.9. The number of hydrogen-bond donors (Lipinski definition) is 1. The number of aromatic hydroxyl groups is 1. The van der Waals surface area contributed by atoms with Crippen molar-refractivity contribution >= 4 is 26.9 Å². The maximum atomic E-state index is 11.8. The minimum absolute atomic E-state index is 0.0514. The van der Waals surface area contributed by atoms with Gasteiger partial charge in [0.2, 0.25) is 4.88 Å². The van der Waals surface area contributed by atoms with Gasteiger partial charge in [0.05, 0.1) is 17.0 Å². The van der Waals surface area contributed by atoms with E-state index in [2.05, 4.69) is 32.4 Å². The molecule has 1 unspecified atom stereocenters. The van der Waals surface area contributed by atoms with E-state index in [4.69, 9.17) is 4.74 Å². The van der Waals surface area contributed by atoms with Crippen LogP contribution in [0.5, 0.6) is 11.6 Å². The summed E-state index contributed by atoms with van der Waals surface area (Å²) in [6.45, 7) is 0. The second-order valence-electron chi connectivity index (χ2n) is 5.68. The quantitative estimate of drug-likeness (QED) is 0.624. The molecule has 6 heteroatoms. The van der Waals surface area contributed by atoms with Gasteiger partial charge in [0.15, 0.2) is 0 Å². The molecule has 0 bridgehead atoms. The first-order chi connectivity index (χ1) is 11.6. The van der Waals surface area contributed by atoms with Crippen molar-refractivity contribution in [2.75, 3.05) is 0 Å². The average Bonchev–Trinajstić information content (AvgIpc) is 3.12. The minimum Gasteiger partial charge on any atom is -0.568 e. The third-order valence-corrected chi connectivity index (χ3v) is 6.03. The Morgan fingerprint density at radius 2 is 2.00 bits per heavy atom. The van der Waals surface area contributed by atoms with Gasteiger partial charge in [-0.2, -0.15) is 0 Å². The topological polar surface area (TPSA) is 65.4 Å². The number of benzene rings is 2. The van der Waals surface area contributed by atoms with Crippen molar-refractivity contribution in [2.24, 2.45) is 0 Å². The Balaban J connectivity index is 1.55. The number of nitrogens with zero attached hydrogens (tertiary/aromatic N) is 1. The monoisotopic (exact) mass is 403 g/mol. The molecule has 0 fully saturated rings. The van der Waals surface area contributed by atoms with Crippen LogP contribution in [0.2, 0.25) is 0 Å². The summed E-state index contributed by atoms with van der Waals surface area (Å²) >= 11 is 3.60. The van der Waals surface area contributed by atoms with Gasteiger partial charge < -0.3 is 14.4 Å². The lowest BCUT2D eigenvalue weighted by molar-refractivity contribution is 0.207. The summed E-state index contributed by atoms with van der Waals surface area (Å²) < 4.78 is 22.6. The Bertz CT molecular complexity index is 892. The van der Waals surface area contributed by atoms with Gasteiger partial charge in [-0.15, -0.1) is 0 Å². The van der Waals surface area contributed by atoms with Crippen LogP contribution in [0, 0.1) is 0 Å². The highest BCUT2D eigenvalue weighted by Crippen LogP contribution is 2.39. The van der Waals surface area contributed by atoms with Gasteiger partial charge in [-0.25, -0.2) is 0 Å². The van der Waals surface area contributed by atoms with Crippen molar-refractivity contribution in [3.63, 3.8) is 0 Å². The SMILES string of the molecule is [O-][s+]1nc(O)cc1-c1ccc(O[C@@H]2CCc3c(Br)cccc32)cc1. The minimum atomic E-state index is -1.53. The molecule has 2 aromatic carbocycles. The molecule has 1 aliphatic carbocycles. The lowest BCUT2D eigenvalue weighted by atomic mass is 10.1. The summed E-state index contributed by atoms with van der Waals surface area (Å²) in [6, 6.07) is 15.0. The second kappa shape index (κ2) is 6.20. The number of aromatic nitrogens is 1. The van der Waals surface area contributed by atoms with E-state index < -0.39 is 10.9 Å². The lowest BCUT2D eigenvalue weighted by Crippen LogP contribution is -2.03. The first kappa shape index (κ1) is 15.6. The van der Waals surface area contributed by atoms with Crippen molar-refractivity contribution < 1.29 is 14.4 Å². The molecule has 0 amide bonds. The summed E-state index contributed by atoms with van der Waals surface area (Å²) in [4.78, 5) is 0.509. The van der Waals surface area contributed by atoms with Crippen LogP contribution in [0.25, 0.3) is 10.4 Å². The molecular weight excluding hydrogens is 390 g/mol. The normalized spacial score (nSPS) is 16.9. The number of halogens is 1. The van der Waals surface area contributed by atoms with E-state index >= 15 is 0 Å². The molecular formula is C18H14BrNO3S. The molecule has 0 saturated heterocycles. The highest BCUT2D eigenvalue weighted by Gasteiger charge is 2.25. The summed E-state index contributed by atoms with van der Waals surface area (Å²) in [5.74, 6) is 0.572. The van der Waals surface area contributed by atoms with Crippen LogP contribution >= 0.6 is 26.9 Å². The molecule has 24 heavy (non-hydrogen) atoms. The van der Waals surface area contributed by atoms with E-state index in [9.17, 15) is 9.66 Å². The van der Waals surface area contributed by atoms with Crippen LogP contribution < -0.4 is 4.74 Å². The maximum Gasteiger partial charge on any atom is 0.270 e. The number of rotatable bonds is 3. The Kier molecular flexibility index (Phi) is 4.04. The highest BCUT2D eigenvalue weighted by molar-refractivity contribution is 9.10. The smallest absolute Gasteiger partial charge is 0.270 e. The Hall–Kier alpha value is -1.89. The van der Waals surface area contributed by atoms with Crippen LogP contribution in [0.1, 0.15) is 23.7 Å². The molecule has 0 radical (unpaired) electrons. The van der Waals surface area contributed by atoms with Crippen molar-refractivity contribution in [2.45, 2.75) is 18.9 Å². The van der Waals surface area contributed by atoms with Crippen LogP contribution in [0.4, 0.5) is 0 Å². The molecule has 1 heterocycles. The van der Waals surface area contributed by atoms with Gasteiger partial charge in [0.1, 0.15) is 11.9 Å². The van der Waals surface area contributed by atoms with Crippen molar-refractivity contribution in [3.05, 3.63) is 64.1 Å². The van der Waals surface area contributed by atoms with Gasteiger partial charge in [0.25, 0.3) is 5.88 Å². The average molecular weight is 404 g/mol. The summed E-state index contributed by atoms with van der Waals surface area (Å²) in [6.07, 6.45) is 2.01. The zero-order valence-electron chi connectivity index (χ0n) is 12.6. The van der Waals surface area contributed by atoms with Crippen molar-refractivity contribution in [3.8, 4) is 22.1 Å². The van der Waals surface area contributed by atoms with E-state index in [1.165, 1.54) is 17.2 Å². The molecule has 4 nitrogen and oxygen atoms in total. The molecule has 1 N–H and O–H groups in total. The second-order valence-corrected chi connectivity index (χ2v) is 7.66. The van der Waals surface area contributed by atoms with Crippen LogP contribution in [-0.2, 0) is 6.42 Å². The Morgan fingerprint density at radius 1 is 1.21 bits per heavy atom. The largest absolute Gasteiger partial charge is 0.568 e. The molecule has 0 spiro atoms. The molecule has 1 aromatic heterocycles. The van der Waals surface area contributed by atoms with Gasteiger partial charge in [0, 0.05) is 14.4 Å². The van der Waals surface area contributed by atoms with E-state index in [0.29, 0.717) is 4.88 Å². The van der Waals surface area contributed by atoms with E-state index in [1.54, 1.807) is 0 Å². The summed E-state index contributed by atoms with van der Waals surface area (Å²) in [7, 11) is -1.53. The molecule has 3 aromatic rings. The lowest BCUT2D eigenvalue weighted by Gasteiger charge is -2.15. The zero-order valence-corrected chi connectivity index (χ0v) is 15.0. The third-order valence-electron chi connectivity index (χ3n) is 4.20. The number of hydrogen-bond acceptors (Lipinski definition) is 4. The molecule has 4 rings (SSSR count). The first-order valence-electron chi connectivity index (χ1n) is 7.57. The number of ether oxygens (including phenoxy) is 1. The Labute approximate surface area is 150 Å². The van der Waals surface area contributed by atoms with Gasteiger partial charge in [-0.3, -0.25) is 0 Å². The molecule has 2 atom stereocenters. The fourth-order valence-corrected chi connectivity index (χ4v) is 4.51. The van der Waals surface area contributed by atoms with Crippen LogP contribution in [-0.4, -0.2) is 14.0 Å². The van der Waals surface area contributed by atoms with Crippen molar-refractivity contribution in [1.82, 2.24) is 4.37 Å². The van der Waals surface area contributed by atoms with Gasteiger partial charge >= 0.3 is 0 Å². The predicted octanol–water partition coefficient (Wildman–Crippen LogP) is 5.01. The maximum absolute atomic E-state index is 11.8.